The van der Waals surface area contributed by atoms with Gasteiger partial charge in [-0.1, -0.05) is 24.6 Å². The zero-order valence-electron chi connectivity index (χ0n) is 17.2. The van der Waals surface area contributed by atoms with E-state index in [4.69, 9.17) is 9.47 Å². The summed E-state index contributed by atoms with van der Waals surface area (Å²) in [5.74, 6) is 1.49. The van der Waals surface area contributed by atoms with Crippen LogP contribution in [0, 0.1) is 0 Å². The van der Waals surface area contributed by atoms with Crippen molar-refractivity contribution in [3.63, 3.8) is 0 Å². The number of carbonyl (C=O) groups is 1. The second-order valence-corrected chi connectivity index (χ2v) is 7.06. The molecule has 3 rings (SSSR count). The predicted molar refractivity (Wildman–Crippen MR) is 118 cm³/mol. The van der Waals surface area contributed by atoms with Crippen LogP contribution >= 0.6 is 12.4 Å². The highest BCUT2D eigenvalue weighted by Crippen LogP contribution is 2.26. The molecule has 1 fully saturated rings. The molecule has 29 heavy (non-hydrogen) atoms. The second-order valence-electron chi connectivity index (χ2n) is 7.06. The quantitative estimate of drug-likeness (QED) is 0.687. The lowest BCUT2D eigenvalue weighted by Gasteiger charge is -2.35. The number of carbonyl (C=O) groups excluding carboxylic acids is 1. The zero-order chi connectivity index (χ0) is 19.8. The third-order valence-corrected chi connectivity index (χ3v) is 5.20. The molecule has 0 saturated carbocycles. The SMILES string of the molecule is CCOc1cccc(C(=O)NCC(c2ccc(OC)cc2)N2CCCCC2)c1.Cl. The van der Waals surface area contributed by atoms with Crippen molar-refractivity contribution >= 4 is 18.3 Å². The molecular weight excluding hydrogens is 388 g/mol. The molecule has 2 aromatic rings. The van der Waals surface area contributed by atoms with E-state index < -0.39 is 0 Å². The molecule has 0 aliphatic carbocycles. The minimum atomic E-state index is -0.0722. The Morgan fingerprint density at radius 1 is 1.07 bits per heavy atom. The molecule has 1 atom stereocenters. The molecule has 1 aliphatic heterocycles. The third-order valence-electron chi connectivity index (χ3n) is 5.20. The number of likely N-dealkylation sites (tertiary alicyclic amines) is 1. The summed E-state index contributed by atoms with van der Waals surface area (Å²) in [6, 6.07) is 15.7. The van der Waals surface area contributed by atoms with Crippen LogP contribution in [0.4, 0.5) is 0 Å². The fraction of sp³-hybridized carbons (Fsp3) is 0.435. The number of hydrogen-bond donors (Lipinski definition) is 1. The monoisotopic (exact) mass is 418 g/mol. The number of amides is 1. The number of ether oxygens (including phenoxy) is 2. The number of nitrogens with zero attached hydrogens (tertiary/aromatic N) is 1. The van der Waals surface area contributed by atoms with Gasteiger partial charge in [-0.05, 0) is 68.8 Å². The first-order valence-electron chi connectivity index (χ1n) is 10.1. The highest BCUT2D eigenvalue weighted by Gasteiger charge is 2.23. The van der Waals surface area contributed by atoms with E-state index in [1.165, 1.54) is 24.8 Å². The van der Waals surface area contributed by atoms with Crippen LogP contribution in [-0.4, -0.2) is 44.2 Å². The van der Waals surface area contributed by atoms with Gasteiger partial charge in [-0.15, -0.1) is 12.4 Å². The van der Waals surface area contributed by atoms with E-state index in [9.17, 15) is 4.79 Å². The number of nitrogens with one attached hydrogen (secondary N) is 1. The summed E-state index contributed by atoms with van der Waals surface area (Å²) in [6.07, 6.45) is 3.69. The molecule has 0 aromatic heterocycles. The Morgan fingerprint density at radius 3 is 2.45 bits per heavy atom. The molecule has 1 unspecified atom stereocenters. The van der Waals surface area contributed by atoms with E-state index >= 15 is 0 Å². The summed E-state index contributed by atoms with van der Waals surface area (Å²) < 4.78 is 10.8. The van der Waals surface area contributed by atoms with Crippen molar-refractivity contribution in [1.82, 2.24) is 10.2 Å². The average Bonchev–Trinajstić information content (AvgIpc) is 2.75. The van der Waals surface area contributed by atoms with Crippen molar-refractivity contribution in [2.45, 2.75) is 32.2 Å². The maximum Gasteiger partial charge on any atom is 0.251 e. The zero-order valence-corrected chi connectivity index (χ0v) is 18.0. The molecule has 1 heterocycles. The van der Waals surface area contributed by atoms with E-state index in [-0.39, 0.29) is 24.4 Å². The number of hydrogen-bond acceptors (Lipinski definition) is 4. The minimum absolute atomic E-state index is 0. The molecule has 1 N–H and O–H groups in total. The summed E-state index contributed by atoms with van der Waals surface area (Å²) in [5.41, 5.74) is 1.82. The predicted octanol–water partition coefficient (Wildman–Crippen LogP) is 4.47. The molecule has 6 heteroatoms. The lowest BCUT2D eigenvalue weighted by molar-refractivity contribution is 0.0924. The summed E-state index contributed by atoms with van der Waals surface area (Å²) >= 11 is 0. The first kappa shape index (κ1) is 23.0. The molecule has 5 nitrogen and oxygen atoms in total. The van der Waals surface area contributed by atoms with Crippen molar-refractivity contribution in [1.29, 1.82) is 0 Å². The molecule has 1 saturated heterocycles. The van der Waals surface area contributed by atoms with Crippen molar-refractivity contribution in [2.24, 2.45) is 0 Å². The maximum atomic E-state index is 12.7. The Hall–Kier alpha value is -2.24. The van der Waals surface area contributed by atoms with Gasteiger partial charge in [-0.3, -0.25) is 9.69 Å². The van der Waals surface area contributed by atoms with Crippen LogP contribution < -0.4 is 14.8 Å². The van der Waals surface area contributed by atoms with Gasteiger partial charge in [0.1, 0.15) is 11.5 Å². The minimum Gasteiger partial charge on any atom is -0.497 e. The number of halogens is 1. The molecule has 1 aliphatic rings. The van der Waals surface area contributed by atoms with Crippen LogP contribution in [0.1, 0.15) is 48.1 Å². The van der Waals surface area contributed by atoms with Gasteiger partial charge in [0.25, 0.3) is 5.91 Å². The van der Waals surface area contributed by atoms with Crippen LogP contribution in [0.25, 0.3) is 0 Å². The lowest BCUT2D eigenvalue weighted by atomic mass is 10.0. The Labute approximate surface area is 179 Å². The summed E-state index contributed by atoms with van der Waals surface area (Å²) in [7, 11) is 1.67. The van der Waals surface area contributed by atoms with Crippen molar-refractivity contribution < 1.29 is 14.3 Å². The average molecular weight is 419 g/mol. The number of piperidine rings is 1. The standard InChI is InChI=1S/C23H30N2O3.ClH/c1-3-28-21-9-7-8-19(16-21)23(26)24-17-22(25-14-5-4-6-15-25)18-10-12-20(27-2)13-11-18;/h7-13,16,22H,3-6,14-15,17H2,1-2H3,(H,24,26);1H. The Kier molecular flexibility index (Phi) is 9.29. The third kappa shape index (κ3) is 6.38. The fourth-order valence-corrected chi connectivity index (χ4v) is 3.70. The van der Waals surface area contributed by atoms with Crippen molar-refractivity contribution in [3.05, 3.63) is 59.7 Å². The van der Waals surface area contributed by atoms with Crippen LogP contribution in [0.15, 0.2) is 48.5 Å². The number of methoxy groups -OCH3 is 1. The molecule has 2 aromatic carbocycles. The topological polar surface area (TPSA) is 50.8 Å². The highest BCUT2D eigenvalue weighted by molar-refractivity contribution is 5.94. The van der Waals surface area contributed by atoms with Crippen molar-refractivity contribution in [2.75, 3.05) is 33.4 Å². The van der Waals surface area contributed by atoms with E-state index in [1.54, 1.807) is 13.2 Å². The van der Waals surface area contributed by atoms with Gasteiger partial charge in [0.15, 0.2) is 0 Å². The molecule has 0 radical (unpaired) electrons. The van der Waals surface area contributed by atoms with E-state index in [1.807, 2.05) is 37.3 Å². The first-order chi connectivity index (χ1) is 13.7. The van der Waals surface area contributed by atoms with Crippen LogP contribution in [-0.2, 0) is 0 Å². The molecule has 158 valence electrons. The molecule has 0 spiro atoms. The summed E-state index contributed by atoms with van der Waals surface area (Å²) in [5, 5.41) is 3.13. The molecule has 0 bridgehead atoms. The number of benzene rings is 2. The summed E-state index contributed by atoms with van der Waals surface area (Å²) in [4.78, 5) is 15.2. The first-order valence-corrected chi connectivity index (χ1v) is 10.1. The number of rotatable bonds is 8. The fourth-order valence-electron chi connectivity index (χ4n) is 3.70. The lowest BCUT2D eigenvalue weighted by Crippen LogP contribution is -2.40. The van der Waals surface area contributed by atoms with Crippen molar-refractivity contribution in [3.8, 4) is 11.5 Å². The van der Waals surface area contributed by atoms with Crippen LogP contribution in [0.3, 0.4) is 0 Å². The van der Waals surface area contributed by atoms with E-state index in [2.05, 4.69) is 22.3 Å². The van der Waals surface area contributed by atoms with Gasteiger partial charge in [0.05, 0.1) is 19.8 Å². The Morgan fingerprint density at radius 2 is 1.79 bits per heavy atom. The largest absolute Gasteiger partial charge is 0.497 e. The van der Waals surface area contributed by atoms with Crippen LogP contribution in [0.2, 0.25) is 0 Å². The van der Waals surface area contributed by atoms with Gasteiger partial charge < -0.3 is 14.8 Å². The van der Waals surface area contributed by atoms with Gasteiger partial charge in [-0.25, -0.2) is 0 Å². The van der Waals surface area contributed by atoms with Gasteiger partial charge in [0, 0.05) is 12.1 Å². The summed E-state index contributed by atoms with van der Waals surface area (Å²) in [6.45, 7) is 5.22. The van der Waals surface area contributed by atoms with Gasteiger partial charge in [0.2, 0.25) is 0 Å². The van der Waals surface area contributed by atoms with Gasteiger partial charge >= 0.3 is 0 Å². The molecular formula is C23H31ClN2O3. The molecule has 1 amide bonds. The van der Waals surface area contributed by atoms with E-state index in [0.717, 1.165) is 24.6 Å². The van der Waals surface area contributed by atoms with Gasteiger partial charge in [-0.2, -0.15) is 0 Å². The Bertz CT molecular complexity index is 761. The normalized spacial score (nSPS) is 15.1. The maximum absolute atomic E-state index is 12.7. The Balaban J connectivity index is 0.00000300. The highest BCUT2D eigenvalue weighted by atomic mass is 35.5. The smallest absolute Gasteiger partial charge is 0.251 e. The second kappa shape index (κ2) is 11.7. The van der Waals surface area contributed by atoms with E-state index in [0.29, 0.717) is 18.7 Å². The van der Waals surface area contributed by atoms with Crippen LogP contribution in [0.5, 0.6) is 11.5 Å².